The Hall–Kier alpha value is -2.37. The van der Waals surface area contributed by atoms with E-state index in [4.69, 9.17) is 17.3 Å². The standard InChI is InChI=1S/C18H15BrClF3N6O/c19-11-6-25-16(30)13-14(11)27-17(29-4-3-8(24)7-29)28-15(13)26-9-1-2-12(20)10(5-9)18(21,22)23/h1-2,5-6,8H,3-4,7,24H2,(H,25,30)(H,26,27,28)/t8-/m1/s1. The zero-order valence-electron chi connectivity index (χ0n) is 15.2. The first kappa shape index (κ1) is 20.9. The summed E-state index contributed by atoms with van der Waals surface area (Å²) in [5.74, 6) is 0.405. The summed E-state index contributed by atoms with van der Waals surface area (Å²) in [5, 5.41) is 2.51. The van der Waals surface area contributed by atoms with E-state index in [0.717, 1.165) is 18.6 Å². The van der Waals surface area contributed by atoms with Gasteiger partial charge in [0.25, 0.3) is 5.56 Å². The molecule has 0 aliphatic carbocycles. The Labute approximate surface area is 181 Å². The Bertz CT molecular complexity index is 1190. The number of H-pyrrole nitrogens is 1. The number of alkyl halides is 3. The minimum Gasteiger partial charge on any atom is -0.339 e. The summed E-state index contributed by atoms with van der Waals surface area (Å²) in [6, 6.07) is 3.35. The number of hydrogen-bond acceptors (Lipinski definition) is 6. The van der Waals surface area contributed by atoms with E-state index in [-0.39, 0.29) is 22.9 Å². The van der Waals surface area contributed by atoms with E-state index < -0.39 is 22.3 Å². The maximum absolute atomic E-state index is 13.2. The average molecular weight is 504 g/mol. The van der Waals surface area contributed by atoms with Gasteiger partial charge in [-0.2, -0.15) is 18.2 Å². The highest BCUT2D eigenvalue weighted by molar-refractivity contribution is 9.10. The van der Waals surface area contributed by atoms with Crippen molar-refractivity contribution >= 4 is 55.9 Å². The maximum Gasteiger partial charge on any atom is 0.417 e. The van der Waals surface area contributed by atoms with Gasteiger partial charge in [0.2, 0.25) is 5.95 Å². The normalized spacial score (nSPS) is 17.0. The summed E-state index contributed by atoms with van der Waals surface area (Å²) >= 11 is 9.05. The minimum atomic E-state index is -4.63. The van der Waals surface area contributed by atoms with Crippen LogP contribution in [0.5, 0.6) is 0 Å². The molecule has 12 heteroatoms. The van der Waals surface area contributed by atoms with Crippen LogP contribution in [0.3, 0.4) is 0 Å². The number of fused-ring (bicyclic) bond motifs is 1. The number of nitrogens with two attached hydrogens (primary N) is 1. The molecule has 7 nitrogen and oxygen atoms in total. The summed E-state index contributed by atoms with van der Waals surface area (Å²) < 4.78 is 40.2. The molecule has 0 bridgehead atoms. The van der Waals surface area contributed by atoms with E-state index in [1.165, 1.54) is 12.3 Å². The molecule has 0 radical (unpaired) electrons. The van der Waals surface area contributed by atoms with Crippen LogP contribution in [0.4, 0.5) is 30.6 Å². The van der Waals surface area contributed by atoms with Gasteiger partial charge in [-0.25, -0.2) is 4.98 Å². The number of nitrogens with one attached hydrogen (secondary N) is 2. The lowest BCUT2D eigenvalue weighted by Crippen LogP contribution is -2.28. The molecular weight excluding hydrogens is 489 g/mol. The number of nitrogens with zero attached hydrogens (tertiary/aromatic N) is 3. The van der Waals surface area contributed by atoms with Gasteiger partial charge in [0.05, 0.1) is 20.6 Å². The second-order valence-corrected chi connectivity index (χ2v) is 8.14. The van der Waals surface area contributed by atoms with E-state index in [1.807, 2.05) is 4.90 Å². The first-order valence-corrected chi connectivity index (χ1v) is 10.0. The van der Waals surface area contributed by atoms with Crippen LogP contribution in [0.25, 0.3) is 10.9 Å². The highest BCUT2D eigenvalue weighted by Gasteiger charge is 2.33. The number of anilines is 3. The van der Waals surface area contributed by atoms with E-state index in [2.05, 4.69) is 36.2 Å². The quantitative estimate of drug-likeness (QED) is 0.499. The molecule has 1 aliphatic heterocycles. The van der Waals surface area contributed by atoms with Gasteiger partial charge >= 0.3 is 6.18 Å². The largest absolute Gasteiger partial charge is 0.417 e. The van der Waals surface area contributed by atoms with Crippen LogP contribution in [0.1, 0.15) is 12.0 Å². The van der Waals surface area contributed by atoms with E-state index in [1.54, 1.807) is 0 Å². The number of rotatable bonds is 3. The van der Waals surface area contributed by atoms with Crippen LogP contribution in [0, 0.1) is 0 Å². The van der Waals surface area contributed by atoms with Crippen molar-refractivity contribution < 1.29 is 13.2 Å². The summed E-state index contributed by atoms with van der Waals surface area (Å²) in [7, 11) is 0. The third-order valence-electron chi connectivity index (χ3n) is 4.72. The zero-order valence-corrected chi connectivity index (χ0v) is 17.6. The van der Waals surface area contributed by atoms with Crippen molar-refractivity contribution in [3.63, 3.8) is 0 Å². The fraction of sp³-hybridized carbons (Fsp3) is 0.278. The van der Waals surface area contributed by atoms with Crippen molar-refractivity contribution in [2.45, 2.75) is 18.6 Å². The second kappa shape index (κ2) is 7.71. The number of benzene rings is 1. The van der Waals surface area contributed by atoms with Crippen molar-refractivity contribution in [3.8, 4) is 0 Å². The molecule has 0 amide bonds. The smallest absolute Gasteiger partial charge is 0.339 e. The van der Waals surface area contributed by atoms with Crippen molar-refractivity contribution in [2.75, 3.05) is 23.3 Å². The lowest BCUT2D eigenvalue weighted by Gasteiger charge is -2.19. The SMILES string of the molecule is N[C@@H]1CCN(c2nc(Nc3ccc(Cl)c(C(F)(F)F)c3)c3c(=O)[nH]cc(Br)c3n2)C1. The van der Waals surface area contributed by atoms with Crippen molar-refractivity contribution in [1.29, 1.82) is 0 Å². The van der Waals surface area contributed by atoms with Crippen LogP contribution >= 0.6 is 27.5 Å². The Balaban J connectivity index is 1.85. The van der Waals surface area contributed by atoms with Gasteiger partial charge in [-0.05, 0) is 40.5 Å². The Morgan fingerprint density at radius 3 is 2.77 bits per heavy atom. The number of aromatic amines is 1. The lowest BCUT2D eigenvalue weighted by atomic mass is 10.2. The highest BCUT2D eigenvalue weighted by Crippen LogP contribution is 2.37. The van der Waals surface area contributed by atoms with Crippen LogP contribution in [-0.2, 0) is 6.18 Å². The summed E-state index contributed by atoms with van der Waals surface area (Å²) in [5.41, 5.74) is 4.90. The number of hydrogen-bond donors (Lipinski definition) is 3. The average Bonchev–Trinajstić information content (AvgIpc) is 3.11. The van der Waals surface area contributed by atoms with Crippen LogP contribution in [0.15, 0.2) is 33.7 Å². The molecule has 3 heterocycles. The molecule has 1 fully saturated rings. The van der Waals surface area contributed by atoms with Gasteiger partial charge < -0.3 is 20.9 Å². The molecule has 0 saturated carbocycles. The molecular formula is C18H15BrClF3N6O. The third kappa shape index (κ3) is 3.96. The third-order valence-corrected chi connectivity index (χ3v) is 5.66. The van der Waals surface area contributed by atoms with Crippen LogP contribution in [-0.4, -0.2) is 34.1 Å². The maximum atomic E-state index is 13.2. The van der Waals surface area contributed by atoms with Crippen LogP contribution < -0.4 is 21.5 Å². The minimum absolute atomic E-state index is 0.0334. The van der Waals surface area contributed by atoms with E-state index in [0.29, 0.717) is 29.0 Å². The van der Waals surface area contributed by atoms with Crippen molar-refractivity contribution in [3.05, 3.63) is 49.8 Å². The Morgan fingerprint density at radius 1 is 1.33 bits per heavy atom. The van der Waals surface area contributed by atoms with Gasteiger partial charge in [0.1, 0.15) is 11.2 Å². The van der Waals surface area contributed by atoms with E-state index >= 15 is 0 Å². The molecule has 1 saturated heterocycles. The molecule has 158 valence electrons. The fourth-order valence-corrected chi connectivity index (χ4v) is 3.89. The Kier molecular flexibility index (Phi) is 5.37. The summed E-state index contributed by atoms with van der Waals surface area (Å²) in [4.78, 5) is 25.8. The van der Waals surface area contributed by atoms with Crippen LogP contribution in [0.2, 0.25) is 5.02 Å². The van der Waals surface area contributed by atoms with Crippen molar-refractivity contribution in [1.82, 2.24) is 15.0 Å². The highest BCUT2D eigenvalue weighted by atomic mass is 79.9. The number of aromatic nitrogens is 3. The number of pyridine rings is 1. The number of halogens is 5. The first-order valence-electron chi connectivity index (χ1n) is 8.86. The topological polar surface area (TPSA) is 99.9 Å². The molecule has 4 N–H and O–H groups in total. The summed E-state index contributed by atoms with van der Waals surface area (Å²) in [6.45, 7) is 1.16. The monoisotopic (exact) mass is 502 g/mol. The molecule has 0 spiro atoms. The summed E-state index contributed by atoms with van der Waals surface area (Å²) in [6.07, 6.45) is -2.42. The molecule has 3 aromatic rings. The van der Waals surface area contributed by atoms with Gasteiger partial charge in [0.15, 0.2) is 0 Å². The molecule has 30 heavy (non-hydrogen) atoms. The fourth-order valence-electron chi connectivity index (χ4n) is 3.26. The second-order valence-electron chi connectivity index (χ2n) is 6.87. The molecule has 2 aromatic heterocycles. The molecule has 1 aliphatic rings. The molecule has 4 rings (SSSR count). The van der Waals surface area contributed by atoms with Gasteiger partial charge in [0, 0.05) is 31.0 Å². The molecule has 1 aromatic carbocycles. The Morgan fingerprint density at radius 2 is 2.10 bits per heavy atom. The van der Waals surface area contributed by atoms with Gasteiger partial charge in [-0.15, -0.1) is 0 Å². The van der Waals surface area contributed by atoms with Gasteiger partial charge in [-0.1, -0.05) is 11.6 Å². The zero-order chi connectivity index (χ0) is 21.6. The van der Waals surface area contributed by atoms with Gasteiger partial charge in [-0.3, -0.25) is 4.79 Å². The first-order chi connectivity index (χ1) is 14.1. The lowest BCUT2D eigenvalue weighted by molar-refractivity contribution is -0.137. The molecule has 0 unspecified atom stereocenters. The predicted molar refractivity (Wildman–Crippen MR) is 112 cm³/mol. The molecule has 1 atom stereocenters. The van der Waals surface area contributed by atoms with E-state index in [9.17, 15) is 18.0 Å². The van der Waals surface area contributed by atoms with Crippen molar-refractivity contribution in [2.24, 2.45) is 5.73 Å². The predicted octanol–water partition coefficient (Wildman–Crippen LogP) is 4.03.